The van der Waals surface area contributed by atoms with Gasteiger partial charge in [0.2, 0.25) is 0 Å². The van der Waals surface area contributed by atoms with E-state index in [0.717, 1.165) is 24.7 Å². The highest BCUT2D eigenvalue weighted by Crippen LogP contribution is 2.27. The number of nitrogens with zero attached hydrogens (tertiary/aromatic N) is 2. The van der Waals surface area contributed by atoms with Gasteiger partial charge in [-0.05, 0) is 6.92 Å². The highest BCUT2D eigenvalue weighted by molar-refractivity contribution is 5.37. The van der Waals surface area contributed by atoms with Gasteiger partial charge in [0.25, 0.3) is 0 Å². The average Bonchev–Trinajstić information content (AvgIpc) is 2.69. The number of nitrogens with two attached hydrogens (primary N) is 1. The average molecular weight is 224 g/mol. The normalized spacial score (nSPS) is 29.6. The van der Waals surface area contributed by atoms with Crippen molar-refractivity contribution in [3.05, 3.63) is 11.8 Å². The van der Waals surface area contributed by atoms with Crippen LogP contribution < -0.4 is 11.1 Å². The molecule has 1 aromatic heterocycles. The molecule has 1 aliphatic heterocycles. The second kappa shape index (κ2) is 4.07. The highest BCUT2D eigenvalue weighted by atomic mass is 16.5. The standard InChI is InChI=1S/C11H20N4O/c1-8-4-10(15(3)14-8)13-6-11(2)7-16-5-9(11)12/h4,9,13H,5-7,12H2,1-3H3. The molecule has 2 rings (SSSR count). The molecule has 1 saturated heterocycles. The molecule has 0 bridgehead atoms. The minimum Gasteiger partial charge on any atom is -0.379 e. The van der Waals surface area contributed by atoms with E-state index in [1.807, 2.05) is 24.7 Å². The summed E-state index contributed by atoms with van der Waals surface area (Å²) in [6, 6.07) is 2.14. The van der Waals surface area contributed by atoms with Gasteiger partial charge in [0.15, 0.2) is 0 Å². The Morgan fingerprint density at radius 2 is 2.50 bits per heavy atom. The van der Waals surface area contributed by atoms with E-state index in [4.69, 9.17) is 10.5 Å². The number of hydrogen-bond donors (Lipinski definition) is 2. The van der Waals surface area contributed by atoms with Crippen molar-refractivity contribution in [3.63, 3.8) is 0 Å². The molecule has 0 amide bonds. The van der Waals surface area contributed by atoms with E-state index in [-0.39, 0.29) is 11.5 Å². The van der Waals surface area contributed by atoms with Crippen molar-refractivity contribution in [2.24, 2.45) is 18.2 Å². The van der Waals surface area contributed by atoms with Crippen molar-refractivity contribution in [3.8, 4) is 0 Å². The van der Waals surface area contributed by atoms with Gasteiger partial charge < -0.3 is 15.8 Å². The van der Waals surface area contributed by atoms with Crippen molar-refractivity contribution in [1.82, 2.24) is 9.78 Å². The Labute approximate surface area is 96.0 Å². The number of nitrogens with one attached hydrogen (secondary N) is 1. The minimum atomic E-state index is 0.0121. The fourth-order valence-electron chi connectivity index (χ4n) is 1.98. The quantitative estimate of drug-likeness (QED) is 0.785. The Hall–Kier alpha value is -1.07. The number of hydrogen-bond acceptors (Lipinski definition) is 4. The third kappa shape index (κ3) is 2.05. The maximum Gasteiger partial charge on any atom is 0.124 e. The van der Waals surface area contributed by atoms with Crippen LogP contribution in [0.2, 0.25) is 0 Å². The number of ether oxygens (including phenoxy) is 1. The molecular weight excluding hydrogens is 204 g/mol. The lowest BCUT2D eigenvalue weighted by atomic mass is 9.86. The molecule has 1 aromatic rings. The monoisotopic (exact) mass is 224 g/mol. The van der Waals surface area contributed by atoms with Crippen molar-refractivity contribution in [2.75, 3.05) is 25.1 Å². The summed E-state index contributed by atoms with van der Waals surface area (Å²) in [6.45, 7) is 6.33. The van der Waals surface area contributed by atoms with E-state index in [1.54, 1.807) is 0 Å². The second-order valence-electron chi connectivity index (χ2n) is 4.92. The van der Waals surface area contributed by atoms with Crippen LogP contribution in [0.5, 0.6) is 0 Å². The van der Waals surface area contributed by atoms with Gasteiger partial charge >= 0.3 is 0 Å². The van der Waals surface area contributed by atoms with Gasteiger partial charge in [0.05, 0.1) is 18.9 Å². The van der Waals surface area contributed by atoms with Crippen LogP contribution in [-0.2, 0) is 11.8 Å². The van der Waals surface area contributed by atoms with Crippen molar-refractivity contribution < 1.29 is 4.74 Å². The molecule has 90 valence electrons. The third-order valence-electron chi connectivity index (χ3n) is 3.30. The summed E-state index contributed by atoms with van der Waals surface area (Å²) in [4.78, 5) is 0. The maximum atomic E-state index is 6.03. The molecule has 2 unspecified atom stereocenters. The highest BCUT2D eigenvalue weighted by Gasteiger charge is 2.37. The zero-order valence-corrected chi connectivity index (χ0v) is 10.2. The molecule has 0 saturated carbocycles. The maximum absolute atomic E-state index is 6.03. The first kappa shape index (κ1) is 11.4. The van der Waals surface area contributed by atoms with Crippen LogP contribution in [0.1, 0.15) is 12.6 Å². The number of anilines is 1. The van der Waals surface area contributed by atoms with Gasteiger partial charge in [-0.2, -0.15) is 5.10 Å². The zero-order chi connectivity index (χ0) is 11.8. The molecule has 2 heterocycles. The molecule has 16 heavy (non-hydrogen) atoms. The predicted molar refractivity (Wildman–Crippen MR) is 63.3 cm³/mol. The first-order chi connectivity index (χ1) is 7.51. The fourth-order valence-corrected chi connectivity index (χ4v) is 1.98. The van der Waals surface area contributed by atoms with Gasteiger partial charge in [-0.25, -0.2) is 0 Å². The van der Waals surface area contributed by atoms with Crippen molar-refractivity contribution in [1.29, 1.82) is 0 Å². The van der Waals surface area contributed by atoms with Crippen LogP contribution in [0.15, 0.2) is 6.07 Å². The van der Waals surface area contributed by atoms with Crippen molar-refractivity contribution >= 4 is 5.82 Å². The second-order valence-corrected chi connectivity index (χ2v) is 4.92. The fraction of sp³-hybridized carbons (Fsp3) is 0.727. The van der Waals surface area contributed by atoms with E-state index in [9.17, 15) is 0 Å². The number of aryl methyl sites for hydroxylation is 2. The lowest BCUT2D eigenvalue weighted by molar-refractivity contribution is 0.164. The Balaban J connectivity index is 1.99. The van der Waals surface area contributed by atoms with Crippen LogP contribution in [-0.4, -0.2) is 35.6 Å². The molecule has 1 aliphatic rings. The van der Waals surface area contributed by atoms with E-state index < -0.39 is 0 Å². The Bertz CT molecular complexity index is 376. The van der Waals surface area contributed by atoms with Crippen LogP contribution in [0.25, 0.3) is 0 Å². The lowest BCUT2D eigenvalue weighted by Crippen LogP contribution is -2.43. The summed E-state index contributed by atoms with van der Waals surface area (Å²) in [6.07, 6.45) is 0. The van der Waals surface area contributed by atoms with Gasteiger partial charge in [-0.15, -0.1) is 0 Å². The molecule has 0 spiro atoms. The van der Waals surface area contributed by atoms with Crippen LogP contribution >= 0.6 is 0 Å². The van der Waals surface area contributed by atoms with Gasteiger partial charge in [-0.3, -0.25) is 4.68 Å². The largest absolute Gasteiger partial charge is 0.379 e. The van der Waals surface area contributed by atoms with Crippen LogP contribution in [0, 0.1) is 12.3 Å². The lowest BCUT2D eigenvalue weighted by Gasteiger charge is -2.27. The van der Waals surface area contributed by atoms with E-state index in [0.29, 0.717) is 6.61 Å². The van der Waals surface area contributed by atoms with Crippen molar-refractivity contribution in [2.45, 2.75) is 19.9 Å². The zero-order valence-electron chi connectivity index (χ0n) is 10.2. The number of aromatic nitrogens is 2. The van der Waals surface area contributed by atoms with E-state index >= 15 is 0 Å². The Morgan fingerprint density at radius 3 is 3.00 bits per heavy atom. The van der Waals surface area contributed by atoms with Gasteiger partial charge in [-0.1, -0.05) is 6.92 Å². The molecule has 0 aliphatic carbocycles. The van der Waals surface area contributed by atoms with Crippen LogP contribution in [0.4, 0.5) is 5.82 Å². The summed E-state index contributed by atoms with van der Waals surface area (Å²) < 4.78 is 7.26. The molecule has 2 atom stereocenters. The SMILES string of the molecule is Cc1cc(NCC2(C)COCC2N)n(C)n1. The molecule has 3 N–H and O–H groups in total. The van der Waals surface area contributed by atoms with E-state index in [2.05, 4.69) is 17.3 Å². The summed E-state index contributed by atoms with van der Waals surface area (Å²) in [5.41, 5.74) is 7.06. The minimum absolute atomic E-state index is 0.0121. The molecule has 0 radical (unpaired) electrons. The molecule has 1 fully saturated rings. The van der Waals surface area contributed by atoms with Gasteiger partial charge in [0, 0.05) is 31.1 Å². The van der Waals surface area contributed by atoms with E-state index in [1.165, 1.54) is 0 Å². The predicted octanol–water partition coefficient (Wildman–Crippen LogP) is 0.504. The Morgan fingerprint density at radius 1 is 1.75 bits per heavy atom. The number of rotatable bonds is 3. The first-order valence-corrected chi connectivity index (χ1v) is 5.59. The molecular formula is C11H20N4O. The first-order valence-electron chi connectivity index (χ1n) is 5.59. The summed E-state index contributed by atoms with van der Waals surface area (Å²) >= 11 is 0. The summed E-state index contributed by atoms with van der Waals surface area (Å²) in [7, 11) is 1.93. The Kier molecular flexibility index (Phi) is 2.90. The molecule has 5 heteroatoms. The third-order valence-corrected chi connectivity index (χ3v) is 3.30. The smallest absolute Gasteiger partial charge is 0.124 e. The molecule has 0 aromatic carbocycles. The van der Waals surface area contributed by atoms with Gasteiger partial charge in [0.1, 0.15) is 5.82 Å². The summed E-state index contributed by atoms with van der Waals surface area (Å²) in [5, 5.41) is 7.68. The topological polar surface area (TPSA) is 65.1 Å². The van der Waals surface area contributed by atoms with Crippen LogP contribution in [0.3, 0.4) is 0 Å². The molecule has 5 nitrogen and oxygen atoms in total. The summed E-state index contributed by atoms with van der Waals surface area (Å²) in [5.74, 6) is 1.03.